The Morgan fingerprint density at radius 3 is 2.63 bits per heavy atom. The van der Waals surface area contributed by atoms with Crippen LogP contribution in [0.1, 0.15) is 35.9 Å². The fourth-order valence-electron chi connectivity index (χ4n) is 3.12. The van der Waals surface area contributed by atoms with E-state index in [1.807, 2.05) is 24.3 Å². The van der Waals surface area contributed by atoms with E-state index in [1.54, 1.807) is 18.1 Å². The molecule has 1 aliphatic rings. The molecule has 3 rings (SSSR count). The zero-order chi connectivity index (χ0) is 19.2. The Morgan fingerprint density at radius 2 is 1.96 bits per heavy atom. The maximum absolute atomic E-state index is 12.6. The van der Waals surface area contributed by atoms with E-state index in [0.717, 1.165) is 12.8 Å². The average molecular weight is 372 g/mol. The standard InChI is InChI=1S/C19H24N4O4/c1-13(24)20-14-7-9-23(10-8-14)19(25)16-11-15(21-22-16)12-27-18-6-4-3-5-17(18)26-2/h3-6,11,14H,7-10,12H2,1-2H3,(H,20,24)(H,21,22). The minimum absolute atomic E-state index is 0.0354. The summed E-state index contributed by atoms with van der Waals surface area (Å²) in [6.07, 6.45) is 1.50. The predicted molar refractivity (Wildman–Crippen MR) is 98.7 cm³/mol. The van der Waals surface area contributed by atoms with Crippen LogP contribution < -0.4 is 14.8 Å². The first kappa shape index (κ1) is 18.8. The lowest BCUT2D eigenvalue weighted by molar-refractivity contribution is -0.119. The van der Waals surface area contributed by atoms with Crippen LogP contribution in [-0.4, -0.2) is 53.2 Å². The van der Waals surface area contributed by atoms with Crippen molar-refractivity contribution in [1.29, 1.82) is 0 Å². The summed E-state index contributed by atoms with van der Waals surface area (Å²) in [6, 6.07) is 9.22. The van der Waals surface area contributed by atoms with Gasteiger partial charge in [-0.15, -0.1) is 0 Å². The Hall–Kier alpha value is -3.03. The third-order valence-corrected chi connectivity index (χ3v) is 4.49. The van der Waals surface area contributed by atoms with Gasteiger partial charge in [0.2, 0.25) is 5.91 Å². The lowest BCUT2D eigenvalue weighted by Gasteiger charge is -2.31. The van der Waals surface area contributed by atoms with E-state index >= 15 is 0 Å². The maximum Gasteiger partial charge on any atom is 0.274 e. The molecule has 1 aromatic carbocycles. The van der Waals surface area contributed by atoms with Gasteiger partial charge in [-0.2, -0.15) is 5.10 Å². The molecule has 2 aromatic rings. The van der Waals surface area contributed by atoms with Gasteiger partial charge in [0.25, 0.3) is 5.91 Å². The average Bonchev–Trinajstić information content (AvgIpc) is 3.15. The maximum atomic E-state index is 12.6. The number of aromatic nitrogens is 2. The number of nitrogens with zero attached hydrogens (tertiary/aromatic N) is 2. The van der Waals surface area contributed by atoms with Gasteiger partial charge >= 0.3 is 0 Å². The van der Waals surface area contributed by atoms with Crippen LogP contribution in [0.3, 0.4) is 0 Å². The van der Waals surface area contributed by atoms with E-state index in [-0.39, 0.29) is 24.5 Å². The Bertz CT molecular complexity index is 797. The summed E-state index contributed by atoms with van der Waals surface area (Å²) in [4.78, 5) is 25.5. The Balaban J connectivity index is 1.54. The number of carbonyl (C=O) groups excluding carboxylic acids is 2. The van der Waals surface area contributed by atoms with Crippen LogP contribution in [0.15, 0.2) is 30.3 Å². The summed E-state index contributed by atoms with van der Waals surface area (Å²) >= 11 is 0. The molecule has 2 heterocycles. The fraction of sp³-hybridized carbons (Fsp3) is 0.421. The molecule has 1 saturated heterocycles. The highest BCUT2D eigenvalue weighted by Gasteiger charge is 2.25. The number of H-pyrrole nitrogens is 1. The largest absolute Gasteiger partial charge is 0.493 e. The predicted octanol–water partition coefficient (Wildman–Crippen LogP) is 1.74. The molecule has 144 valence electrons. The van der Waals surface area contributed by atoms with Crippen LogP contribution in [0, 0.1) is 0 Å². The topological polar surface area (TPSA) is 96.6 Å². The first-order valence-electron chi connectivity index (χ1n) is 8.93. The lowest BCUT2D eigenvalue weighted by atomic mass is 10.0. The van der Waals surface area contributed by atoms with Crippen molar-refractivity contribution in [2.75, 3.05) is 20.2 Å². The quantitative estimate of drug-likeness (QED) is 0.805. The van der Waals surface area contributed by atoms with Crippen molar-refractivity contribution in [3.8, 4) is 11.5 Å². The molecule has 0 unspecified atom stereocenters. The minimum atomic E-state index is -0.115. The van der Waals surface area contributed by atoms with Crippen molar-refractivity contribution in [1.82, 2.24) is 20.4 Å². The highest BCUT2D eigenvalue weighted by molar-refractivity contribution is 5.92. The molecule has 2 amide bonds. The fourth-order valence-corrected chi connectivity index (χ4v) is 3.12. The number of piperidine rings is 1. The van der Waals surface area contributed by atoms with Gasteiger partial charge in [-0.05, 0) is 31.0 Å². The molecule has 0 aliphatic carbocycles. The molecular formula is C19H24N4O4. The monoisotopic (exact) mass is 372 g/mol. The summed E-state index contributed by atoms with van der Waals surface area (Å²) in [5, 5.41) is 9.87. The highest BCUT2D eigenvalue weighted by atomic mass is 16.5. The molecule has 1 fully saturated rings. The second kappa shape index (κ2) is 8.57. The van der Waals surface area contributed by atoms with Gasteiger partial charge in [-0.3, -0.25) is 14.7 Å². The molecule has 1 aromatic heterocycles. The molecule has 0 radical (unpaired) electrons. The van der Waals surface area contributed by atoms with Crippen LogP contribution in [0.5, 0.6) is 11.5 Å². The van der Waals surface area contributed by atoms with E-state index in [1.165, 1.54) is 6.92 Å². The van der Waals surface area contributed by atoms with Crippen molar-refractivity contribution in [2.24, 2.45) is 0 Å². The lowest BCUT2D eigenvalue weighted by Crippen LogP contribution is -2.46. The number of nitrogens with one attached hydrogen (secondary N) is 2. The Morgan fingerprint density at radius 1 is 1.26 bits per heavy atom. The number of methoxy groups -OCH3 is 1. The van der Waals surface area contributed by atoms with E-state index in [0.29, 0.717) is 36.0 Å². The number of aromatic amines is 1. The number of benzene rings is 1. The number of ether oxygens (including phenoxy) is 2. The molecule has 8 heteroatoms. The molecular weight excluding hydrogens is 348 g/mol. The number of likely N-dealkylation sites (tertiary alicyclic amines) is 1. The van der Waals surface area contributed by atoms with Crippen LogP contribution in [0.25, 0.3) is 0 Å². The van der Waals surface area contributed by atoms with Crippen LogP contribution in [0.2, 0.25) is 0 Å². The molecule has 2 N–H and O–H groups in total. The molecule has 1 aliphatic heterocycles. The molecule has 27 heavy (non-hydrogen) atoms. The smallest absolute Gasteiger partial charge is 0.274 e. The van der Waals surface area contributed by atoms with Crippen molar-refractivity contribution in [2.45, 2.75) is 32.4 Å². The van der Waals surface area contributed by atoms with Gasteiger partial charge in [0.15, 0.2) is 17.2 Å². The second-order valence-corrected chi connectivity index (χ2v) is 6.48. The summed E-state index contributed by atoms with van der Waals surface area (Å²) < 4.78 is 11.0. The molecule has 8 nitrogen and oxygen atoms in total. The number of para-hydroxylation sites is 2. The highest BCUT2D eigenvalue weighted by Crippen LogP contribution is 2.26. The summed E-state index contributed by atoms with van der Waals surface area (Å²) in [7, 11) is 1.59. The third kappa shape index (κ3) is 4.78. The number of amides is 2. The van der Waals surface area contributed by atoms with Gasteiger partial charge in [0.1, 0.15) is 6.61 Å². The molecule has 0 bridgehead atoms. The van der Waals surface area contributed by atoms with Crippen molar-refractivity contribution in [3.05, 3.63) is 41.7 Å². The van der Waals surface area contributed by atoms with Gasteiger partial charge < -0.3 is 19.7 Å². The number of hydrogen-bond acceptors (Lipinski definition) is 5. The summed E-state index contributed by atoms with van der Waals surface area (Å²) in [5.74, 6) is 1.13. The zero-order valence-corrected chi connectivity index (χ0v) is 15.5. The van der Waals surface area contributed by atoms with Crippen LogP contribution >= 0.6 is 0 Å². The third-order valence-electron chi connectivity index (χ3n) is 4.49. The Labute approximate surface area is 157 Å². The van der Waals surface area contributed by atoms with E-state index < -0.39 is 0 Å². The van der Waals surface area contributed by atoms with Gasteiger partial charge in [-0.25, -0.2) is 0 Å². The van der Waals surface area contributed by atoms with Gasteiger partial charge in [0, 0.05) is 26.1 Å². The summed E-state index contributed by atoms with van der Waals surface area (Å²) in [6.45, 7) is 2.97. The minimum Gasteiger partial charge on any atom is -0.493 e. The van der Waals surface area contributed by atoms with E-state index in [2.05, 4.69) is 15.5 Å². The van der Waals surface area contributed by atoms with Gasteiger partial charge in [-0.1, -0.05) is 12.1 Å². The SMILES string of the molecule is COc1ccccc1OCc1cc(C(=O)N2CCC(NC(C)=O)CC2)n[nH]1. The van der Waals surface area contributed by atoms with Crippen molar-refractivity contribution >= 4 is 11.8 Å². The normalized spacial score (nSPS) is 14.7. The molecule has 0 spiro atoms. The number of rotatable bonds is 6. The van der Waals surface area contributed by atoms with Crippen LogP contribution in [-0.2, 0) is 11.4 Å². The Kier molecular flexibility index (Phi) is 5.95. The van der Waals surface area contributed by atoms with Crippen LogP contribution in [0.4, 0.5) is 0 Å². The van der Waals surface area contributed by atoms with E-state index in [9.17, 15) is 9.59 Å². The van der Waals surface area contributed by atoms with Crippen molar-refractivity contribution in [3.63, 3.8) is 0 Å². The zero-order valence-electron chi connectivity index (χ0n) is 15.5. The van der Waals surface area contributed by atoms with Crippen molar-refractivity contribution < 1.29 is 19.1 Å². The van der Waals surface area contributed by atoms with E-state index in [4.69, 9.17) is 9.47 Å². The summed E-state index contributed by atoms with van der Waals surface area (Å²) in [5.41, 5.74) is 1.07. The first-order chi connectivity index (χ1) is 13.1. The first-order valence-corrected chi connectivity index (χ1v) is 8.93. The second-order valence-electron chi connectivity index (χ2n) is 6.48. The molecule has 0 atom stereocenters. The number of hydrogen-bond donors (Lipinski definition) is 2. The number of carbonyl (C=O) groups is 2. The molecule has 0 saturated carbocycles. The van der Waals surface area contributed by atoms with Gasteiger partial charge in [0.05, 0.1) is 12.8 Å².